The molecule has 1 heterocycles. The maximum atomic E-state index is 3.78. The fraction of sp³-hybridized carbons (Fsp3) is 1.00. The van der Waals surface area contributed by atoms with E-state index in [1.165, 1.54) is 71.1 Å². The lowest BCUT2D eigenvalue weighted by atomic mass is 9.72. The van der Waals surface area contributed by atoms with Crippen LogP contribution in [0.15, 0.2) is 0 Å². The lowest BCUT2D eigenvalue weighted by Gasteiger charge is -2.46. The second-order valence-corrected chi connectivity index (χ2v) is 8.42. The Morgan fingerprint density at radius 2 is 1.81 bits per heavy atom. The molecule has 2 unspecified atom stereocenters. The molecular formula is C19H38N2. The first-order valence-corrected chi connectivity index (χ1v) is 9.47. The normalized spacial score (nSPS) is 30.7. The molecule has 1 aliphatic heterocycles. The van der Waals surface area contributed by atoms with Gasteiger partial charge in [0, 0.05) is 19.1 Å². The predicted molar refractivity (Wildman–Crippen MR) is 92.7 cm³/mol. The highest BCUT2D eigenvalue weighted by molar-refractivity contribution is 4.91. The highest BCUT2D eigenvalue weighted by atomic mass is 15.2. The van der Waals surface area contributed by atoms with Gasteiger partial charge in [0.05, 0.1) is 0 Å². The molecule has 1 saturated heterocycles. The summed E-state index contributed by atoms with van der Waals surface area (Å²) in [6.45, 7) is 14.6. The third-order valence-corrected chi connectivity index (χ3v) is 6.01. The largest absolute Gasteiger partial charge is 0.316 e. The molecule has 0 radical (unpaired) electrons. The summed E-state index contributed by atoms with van der Waals surface area (Å²) < 4.78 is 0. The number of likely N-dealkylation sites (tertiary alicyclic amines) is 1. The van der Waals surface area contributed by atoms with Gasteiger partial charge in [-0.3, -0.25) is 4.90 Å². The van der Waals surface area contributed by atoms with Gasteiger partial charge >= 0.3 is 0 Å². The highest BCUT2D eigenvalue weighted by Crippen LogP contribution is 2.38. The number of rotatable bonds is 6. The van der Waals surface area contributed by atoms with E-state index in [1.807, 2.05) is 0 Å². The summed E-state index contributed by atoms with van der Waals surface area (Å²) in [5, 5.41) is 3.78. The van der Waals surface area contributed by atoms with E-state index in [2.05, 4.69) is 37.9 Å². The minimum Gasteiger partial charge on any atom is -0.316 e. The van der Waals surface area contributed by atoms with Crippen molar-refractivity contribution in [3.8, 4) is 0 Å². The Labute approximate surface area is 133 Å². The van der Waals surface area contributed by atoms with Crippen molar-refractivity contribution in [3.63, 3.8) is 0 Å². The Balaban J connectivity index is 1.94. The van der Waals surface area contributed by atoms with Crippen LogP contribution in [0.2, 0.25) is 0 Å². The number of nitrogens with zero attached hydrogens (tertiary/aromatic N) is 1. The molecule has 21 heavy (non-hydrogen) atoms. The lowest BCUT2D eigenvalue weighted by molar-refractivity contribution is 0.0393. The minimum absolute atomic E-state index is 0.554. The molecule has 0 amide bonds. The molecule has 1 N–H and O–H groups in total. The summed E-state index contributed by atoms with van der Waals surface area (Å²) in [4.78, 5) is 2.82. The maximum absolute atomic E-state index is 3.78. The molecule has 2 atom stereocenters. The van der Waals surface area contributed by atoms with Gasteiger partial charge in [-0.1, -0.05) is 40.0 Å². The van der Waals surface area contributed by atoms with E-state index in [-0.39, 0.29) is 0 Å². The third-order valence-electron chi connectivity index (χ3n) is 6.01. The molecule has 1 aliphatic carbocycles. The average molecular weight is 295 g/mol. The van der Waals surface area contributed by atoms with E-state index < -0.39 is 0 Å². The molecule has 2 rings (SSSR count). The van der Waals surface area contributed by atoms with Gasteiger partial charge in [-0.25, -0.2) is 0 Å². The van der Waals surface area contributed by atoms with E-state index in [4.69, 9.17) is 0 Å². The van der Waals surface area contributed by atoms with E-state index >= 15 is 0 Å². The summed E-state index contributed by atoms with van der Waals surface area (Å²) in [5.74, 6) is 1.64. The fourth-order valence-corrected chi connectivity index (χ4v) is 4.39. The van der Waals surface area contributed by atoms with Crippen LogP contribution in [0.4, 0.5) is 0 Å². The van der Waals surface area contributed by atoms with Crippen molar-refractivity contribution < 1.29 is 0 Å². The van der Waals surface area contributed by atoms with E-state index in [0.717, 1.165) is 17.9 Å². The van der Waals surface area contributed by atoms with Gasteiger partial charge in [0.1, 0.15) is 0 Å². The van der Waals surface area contributed by atoms with Crippen LogP contribution in [0.3, 0.4) is 0 Å². The lowest BCUT2D eigenvalue weighted by Crippen LogP contribution is -2.51. The van der Waals surface area contributed by atoms with E-state index in [9.17, 15) is 0 Å². The van der Waals surface area contributed by atoms with Crippen molar-refractivity contribution in [3.05, 3.63) is 0 Å². The zero-order valence-electron chi connectivity index (χ0n) is 15.0. The van der Waals surface area contributed by atoms with Gasteiger partial charge in [-0.15, -0.1) is 0 Å². The molecule has 0 aromatic rings. The van der Waals surface area contributed by atoms with Crippen molar-refractivity contribution in [1.29, 1.82) is 0 Å². The van der Waals surface area contributed by atoms with Crippen molar-refractivity contribution in [1.82, 2.24) is 10.2 Å². The summed E-state index contributed by atoms with van der Waals surface area (Å²) in [5.41, 5.74) is 0.554. The first-order chi connectivity index (χ1) is 10.0. The van der Waals surface area contributed by atoms with Crippen LogP contribution in [-0.2, 0) is 0 Å². The predicted octanol–water partition coefficient (Wildman–Crippen LogP) is 4.30. The Bertz CT molecular complexity index is 294. The summed E-state index contributed by atoms with van der Waals surface area (Å²) in [7, 11) is 0. The Kier molecular flexibility index (Phi) is 6.55. The summed E-state index contributed by atoms with van der Waals surface area (Å²) >= 11 is 0. The minimum atomic E-state index is 0.554. The van der Waals surface area contributed by atoms with Crippen molar-refractivity contribution >= 4 is 0 Å². The molecule has 2 aliphatic rings. The molecule has 2 heteroatoms. The molecular weight excluding hydrogens is 256 g/mol. The fourth-order valence-electron chi connectivity index (χ4n) is 4.39. The Hall–Kier alpha value is -0.0800. The number of piperidine rings is 1. The molecule has 0 bridgehead atoms. The first-order valence-electron chi connectivity index (χ1n) is 9.47. The first kappa shape index (κ1) is 17.3. The van der Waals surface area contributed by atoms with Crippen molar-refractivity contribution in [2.45, 2.75) is 78.7 Å². The number of hydrogen-bond acceptors (Lipinski definition) is 2. The smallest absolute Gasteiger partial charge is 0.00928 e. The topological polar surface area (TPSA) is 15.3 Å². The maximum Gasteiger partial charge on any atom is 0.00928 e. The average Bonchev–Trinajstić information content (AvgIpc) is 2.44. The van der Waals surface area contributed by atoms with Gasteiger partial charge in [-0.2, -0.15) is 0 Å². The Morgan fingerprint density at radius 3 is 2.48 bits per heavy atom. The molecule has 124 valence electrons. The van der Waals surface area contributed by atoms with Crippen LogP contribution < -0.4 is 5.32 Å². The van der Waals surface area contributed by atoms with Gasteiger partial charge in [-0.05, 0) is 62.9 Å². The van der Waals surface area contributed by atoms with Gasteiger partial charge in [0.25, 0.3) is 0 Å². The van der Waals surface area contributed by atoms with Crippen LogP contribution in [0.1, 0.15) is 72.6 Å². The van der Waals surface area contributed by atoms with Gasteiger partial charge in [0.2, 0.25) is 0 Å². The summed E-state index contributed by atoms with van der Waals surface area (Å²) in [6, 6.07) is 0.780. The molecule has 2 nitrogen and oxygen atoms in total. The second-order valence-electron chi connectivity index (χ2n) is 8.42. The molecule has 0 aromatic heterocycles. The summed E-state index contributed by atoms with van der Waals surface area (Å²) in [6.07, 6.45) is 10.1. The second kappa shape index (κ2) is 7.97. The Morgan fingerprint density at radius 1 is 1.10 bits per heavy atom. The number of hydrogen-bond donors (Lipinski definition) is 1. The monoisotopic (exact) mass is 294 g/mol. The van der Waals surface area contributed by atoms with Crippen molar-refractivity contribution in [2.24, 2.45) is 17.3 Å². The van der Waals surface area contributed by atoms with Crippen LogP contribution >= 0.6 is 0 Å². The zero-order valence-corrected chi connectivity index (χ0v) is 15.0. The van der Waals surface area contributed by atoms with Crippen LogP contribution in [-0.4, -0.2) is 37.1 Å². The third kappa shape index (κ3) is 4.96. The number of nitrogens with one attached hydrogen (secondary N) is 1. The molecule has 0 aromatic carbocycles. The van der Waals surface area contributed by atoms with Crippen LogP contribution in [0, 0.1) is 17.3 Å². The van der Waals surface area contributed by atoms with Gasteiger partial charge in [0.15, 0.2) is 0 Å². The quantitative estimate of drug-likeness (QED) is 0.785. The van der Waals surface area contributed by atoms with Crippen molar-refractivity contribution in [2.75, 3.05) is 26.2 Å². The standard InChI is InChI=1S/C19H38N2/c1-16(2)13-20-14-19(10-6-5-7-11-19)15-21-12-8-9-17(3)18(21)4/h16-18,20H,5-15H2,1-4H3. The van der Waals surface area contributed by atoms with E-state index in [0.29, 0.717) is 5.41 Å². The molecule has 2 fully saturated rings. The van der Waals surface area contributed by atoms with E-state index in [1.54, 1.807) is 0 Å². The van der Waals surface area contributed by atoms with Gasteiger partial charge < -0.3 is 5.32 Å². The molecule has 0 spiro atoms. The van der Waals surface area contributed by atoms with Crippen LogP contribution in [0.5, 0.6) is 0 Å². The highest BCUT2D eigenvalue weighted by Gasteiger charge is 2.36. The SMILES string of the molecule is CC(C)CNCC1(CN2CCCC(C)C2C)CCCCC1. The zero-order chi connectivity index (χ0) is 15.3. The molecule has 1 saturated carbocycles. The van der Waals surface area contributed by atoms with Crippen LogP contribution in [0.25, 0.3) is 0 Å².